The molecule has 0 amide bonds. The second kappa shape index (κ2) is 6.49. The summed E-state index contributed by atoms with van der Waals surface area (Å²) in [5.41, 5.74) is 10.4. The lowest BCUT2D eigenvalue weighted by Gasteiger charge is -2.12. The monoisotopic (exact) mass is 395 g/mol. The fraction of sp³-hybridized carbons (Fsp3) is 0.200. The van der Waals surface area contributed by atoms with E-state index in [0.29, 0.717) is 11.0 Å². The Balaban J connectivity index is 1.96. The highest BCUT2D eigenvalue weighted by Crippen LogP contribution is 2.29. The van der Waals surface area contributed by atoms with Gasteiger partial charge in [0.05, 0.1) is 33.4 Å². The third-order valence-corrected chi connectivity index (χ3v) is 6.70. The highest BCUT2D eigenvalue weighted by Gasteiger charge is 2.25. The summed E-state index contributed by atoms with van der Waals surface area (Å²) < 4.78 is 28.6. The molecule has 0 fully saturated rings. The second-order valence-corrected chi connectivity index (χ2v) is 9.29. The predicted octanol–water partition coefficient (Wildman–Crippen LogP) is 3.37. The molecule has 4 rings (SSSR count). The Morgan fingerprint density at radius 2 is 1.75 bits per heavy atom. The molecule has 0 unspecified atom stereocenters. The van der Waals surface area contributed by atoms with Gasteiger partial charge in [0.15, 0.2) is 0 Å². The van der Waals surface area contributed by atoms with Crippen LogP contribution in [0, 0.1) is 6.92 Å². The van der Waals surface area contributed by atoms with Gasteiger partial charge in [0.2, 0.25) is 16.0 Å². The minimum Gasteiger partial charge on any atom is -0.368 e. The molecular formula is C20H21N5O2S. The van der Waals surface area contributed by atoms with E-state index < -0.39 is 15.3 Å². The van der Waals surface area contributed by atoms with E-state index in [1.54, 1.807) is 26.0 Å². The molecule has 2 aromatic heterocycles. The number of nitrogens with two attached hydrogens (primary N) is 1. The van der Waals surface area contributed by atoms with Gasteiger partial charge in [-0.25, -0.2) is 22.1 Å². The van der Waals surface area contributed by atoms with Crippen LogP contribution in [0.15, 0.2) is 54.6 Å². The number of nitrogens with zero attached hydrogens (tertiary/aromatic N) is 4. The smallest absolute Gasteiger partial charge is 0.244 e. The van der Waals surface area contributed by atoms with Gasteiger partial charge in [-0.2, -0.15) is 5.10 Å². The van der Waals surface area contributed by atoms with E-state index in [9.17, 15) is 8.42 Å². The topological polar surface area (TPSA) is 95.8 Å². The summed E-state index contributed by atoms with van der Waals surface area (Å²) >= 11 is 0. The van der Waals surface area contributed by atoms with Crippen molar-refractivity contribution in [3.05, 3.63) is 60.3 Å². The average molecular weight is 395 g/mol. The summed E-state index contributed by atoms with van der Waals surface area (Å²) in [6.45, 7) is 5.17. The molecule has 7 nitrogen and oxygen atoms in total. The summed E-state index contributed by atoms with van der Waals surface area (Å²) in [6, 6.07) is 17.2. The zero-order valence-electron chi connectivity index (χ0n) is 15.9. The van der Waals surface area contributed by atoms with E-state index in [1.807, 2.05) is 54.1 Å². The first kappa shape index (κ1) is 18.2. The molecule has 0 atom stereocenters. The van der Waals surface area contributed by atoms with Crippen molar-refractivity contribution in [3.8, 4) is 16.9 Å². The number of hydrogen-bond donors (Lipinski definition) is 1. The maximum absolute atomic E-state index is 12.8. The Morgan fingerprint density at radius 3 is 2.43 bits per heavy atom. The molecule has 0 bridgehead atoms. The highest BCUT2D eigenvalue weighted by molar-refractivity contribution is 7.90. The van der Waals surface area contributed by atoms with Gasteiger partial charge >= 0.3 is 0 Å². The van der Waals surface area contributed by atoms with E-state index in [0.717, 1.165) is 26.6 Å². The van der Waals surface area contributed by atoms with Crippen molar-refractivity contribution in [2.45, 2.75) is 26.0 Å². The first-order chi connectivity index (χ1) is 13.3. The zero-order chi connectivity index (χ0) is 20.1. The SMILES string of the molecule is Cc1cc(-c2ccc3nc(N)n(S(=O)(=O)C(C)C)c3c2)n(-c2ccccc2)n1. The van der Waals surface area contributed by atoms with Crippen LogP contribution in [0.5, 0.6) is 0 Å². The van der Waals surface area contributed by atoms with Crippen LogP contribution in [0.25, 0.3) is 28.0 Å². The number of aromatic nitrogens is 4. The molecule has 144 valence electrons. The van der Waals surface area contributed by atoms with Crippen LogP contribution < -0.4 is 5.73 Å². The number of nitrogen functional groups attached to an aromatic ring is 1. The van der Waals surface area contributed by atoms with Gasteiger partial charge in [-0.05, 0) is 51.1 Å². The zero-order valence-corrected chi connectivity index (χ0v) is 16.7. The molecule has 0 spiro atoms. The van der Waals surface area contributed by atoms with E-state index in [1.165, 1.54) is 0 Å². The van der Waals surface area contributed by atoms with Crippen molar-refractivity contribution in [1.82, 2.24) is 18.7 Å². The largest absolute Gasteiger partial charge is 0.368 e. The van der Waals surface area contributed by atoms with Gasteiger partial charge in [0.25, 0.3) is 0 Å². The Morgan fingerprint density at radius 1 is 1.04 bits per heavy atom. The summed E-state index contributed by atoms with van der Waals surface area (Å²) in [7, 11) is -3.64. The Hall–Kier alpha value is -3.13. The first-order valence-corrected chi connectivity index (χ1v) is 10.4. The first-order valence-electron chi connectivity index (χ1n) is 8.94. The molecule has 28 heavy (non-hydrogen) atoms. The lowest BCUT2D eigenvalue weighted by molar-refractivity contribution is 0.580. The molecule has 2 N–H and O–H groups in total. The maximum atomic E-state index is 12.8. The molecular weight excluding hydrogens is 374 g/mol. The summed E-state index contributed by atoms with van der Waals surface area (Å²) in [4.78, 5) is 4.22. The van der Waals surface area contributed by atoms with Gasteiger partial charge in [0, 0.05) is 5.56 Å². The number of fused-ring (bicyclic) bond motifs is 1. The second-order valence-electron chi connectivity index (χ2n) is 6.95. The van der Waals surface area contributed by atoms with Crippen molar-refractivity contribution < 1.29 is 8.42 Å². The standard InChI is InChI=1S/C20H21N5O2S/c1-13(2)28(26,27)25-19-12-15(9-10-17(19)22-20(25)21)18-11-14(3)23-24(18)16-7-5-4-6-8-16/h4-13H,1-3H3,(H2,21,22). The van der Waals surface area contributed by atoms with Crippen LogP contribution >= 0.6 is 0 Å². The van der Waals surface area contributed by atoms with E-state index in [4.69, 9.17) is 5.73 Å². The van der Waals surface area contributed by atoms with Gasteiger partial charge in [-0.15, -0.1) is 0 Å². The molecule has 0 aliphatic carbocycles. The lowest BCUT2D eigenvalue weighted by atomic mass is 10.1. The average Bonchev–Trinajstić information content (AvgIpc) is 3.21. The fourth-order valence-electron chi connectivity index (χ4n) is 3.18. The molecule has 0 radical (unpaired) electrons. The predicted molar refractivity (Wildman–Crippen MR) is 111 cm³/mol. The van der Waals surface area contributed by atoms with Gasteiger partial charge in [-0.1, -0.05) is 24.3 Å². The molecule has 0 saturated heterocycles. The van der Waals surface area contributed by atoms with E-state index >= 15 is 0 Å². The van der Waals surface area contributed by atoms with Crippen LogP contribution in [0.3, 0.4) is 0 Å². The Bertz CT molecular complexity index is 1270. The fourth-order valence-corrected chi connectivity index (χ4v) is 4.33. The number of imidazole rings is 1. The quantitative estimate of drug-likeness (QED) is 0.571. The van der Waals surface area contributed by atoms with E-state index in [-0.39, 0.29) is 5.95 Å². The lowest BCUT2D eigenvalue weighted by Crippen LogP contribution is -2.23. The third-order valence-electron chi connectivity index (χ3n) is 4.62. The molecule has 2 heterocycles. The molecule has 8 heteroatoms. The Kier molecular flexibility index (Phi) is 4.23. The van der Waals surface area contributed by atoms with Crippen LogP contribution in [-0.4, -0.2) is 32.4 Å². The number of para-hydroxylation sites is 1. The number of benzene rings is 2. The maximum Gasteiger partial charge on any atom is 0.244 e. The molecule has 0 aliphatic rings. The third kappa shape index (κ3) is 2.86. The van der Waals surface area contributed by atoms with Crippen molar-refractivity contribution in [2.75, 3.05) is 5.73 Å². The molecule has 0 aliphatic heterocycles. The Labute approximate surface area is 163 Å². The number of aryl methyl sites for hydroxylation is 1. The molecule has 4 aromatic rings. The minimum absolute atomic E-state index is 0.0337. The summed E-state index contributed by atoms with van der Waals surface area (Å²) in [6.07, 6.45) is 0. The van der Waals surface area contributed by atoms with Crippen molar-refractivity contribution in [2.24, 2.45) is 0 Å². The van der Waals surface area contributed by atoms with Gasteiger partial charge < -0.3 is 5.73 Å². The van der Waals surface area contributed by atoms with Crippen molar-refractivity contribution in [3.63, 3.8) is 0 Å². The normalized spacial score (nSPS) is 12.1. The van der Waals surface area contributed by atoms with Gasteiger partial charge in [-0.3, -0.25) is 0 Å². The highest BCUT2D eigenvalue weighted by atomic mass is 32.2. The van der Waals surface area contributed by atoms with Crippen LogP contribution in [0.1, 0.15) is 19.5 Å². The molecule has 2 aromatic carbocycles. The molecule has 0 saturated carbocycles. The van der Waals surface area contributed by atoms with Gasteiger partial charge in [0.1, 0.15) is 0 Å². The van der Waals surface area contributed by atoms with Crippen LogP contribution in [0.4, 0.5) is 5.95 Å². The minimum atomic E-state index is -3.64. The number of rotatable bonds is 4. The van der Waals surface area contributed by atoms with Crippen molar-refractivity contribution in [1.29, 1.82) is 0 Å². The summed E-state index contributed by atoms with van der Waals surface area (Å²) in [5, 5.41) is 3.98. The van der Waals surface area contributed by atoms with E-state index in [2.05, 4.69) is 10.1 Å². The van der Waals surface area contributed by atoms with Crippen LogP contribution in [-0.2, 0) is 10.0 Å². The number of anilines is 1. The summed E-state index contributed by atoms with van der Waals surface area (Å²) in [5.74, 6) is -0.0337. The van der Waals surface area contributed by atoms with Crippen molar-refractivity contribution >= 4 is 27.0 Å². The number of hydrogen-bond acceptors (Lipinski definition) is 5. The van der Waals surface area contributed by atoms with Crippen LogP contribution in [0.2, 0.25) is 0 Å².